The second-order valence-electron chi connectivity index (χ2n) is 6.03. The fourth-order valence-corrected chi connectivity index (χ4v) is 3.80. The molecule has 1 unspecified atom stereocenters. The molecule has 0 radical (unpaired) electrons. The van der Waals surface area contributed by atoms with Crippen LogP contribution in [0.1, 0.15) is 36.0 Å². The van der Waals surface area contributed by atoms with Crippen LogP contribution in [0.5, 0.6) is 0 Å². The maximum Gasteiger partial charge on any atom is 0.254 e. The van der Waals surface area contributed by atoms with Crippen LogP contribution in [0.15, 0.2) is 23.7 Å². The summed E-state index contributed by atoms with van der Waals surface area (Å²) < 4.78 is 1.02. The predicted molar refractivity (Wildman–Crippen MR) is 109 cm³/mol. The summed E-state index contributed by atoms with van der Waals surface area (Å²) in [6, 6.07) is 5.68. The molecule has 1 aliphatic heterocycles. The molecule has 1 fully saturated rings. The zero-order chi connectivity index (χ0) is 16.9. The molecule has 0 spiro atoms. The number of fused-ring (bicyclic) bond motifs is 1. The Kier molecular flexibility index (Phi) is 9.29. The lowest BCUT2D eigenvalue weighted by Gasteiger charge is -2.36. The number of benzene rings is 1. The van der Waals surface area contributed by atoms with Crippen LogP contribution in [0.4, 0.5) is 0 Å². The number of carbonyl (C=O) groups excluding carboxylic acids is 2. The molecule has 0 saturated carbocycles. The molecule has 3 rings (SSSR count). The highest BCUT2D eigenvalue weighted by atomic mass is 35.5. The third-order valence-corrected chi connectivity index (χ3v) is 5.16. The Morgan fingerprint density at radius 3 is 2.88 bits per heavy atom. The number of piperidine rings is 1. The van der Waals surface area contributed by atoms with Crippen LogP contribution < -0.4 is 11.1 Å². The molecule has 0 aliphatic carbocycles. The van der Waals surface area contributed by atoms with Crippen molar-refractivity contribution in [2.24, 2.45) is 5.73 Å². The average Bonchev–Trinajstić information content (AvgIpc) is 3.07. The number of rotatable bonds is 5. The summed E-state index contributed by atoms with van der Waals surface area (Å²) >= 11 is 1.54. The molecule has 1 atom stereocenters. The van der Waals surface area contributed by atoms with Gasteiger partial charge in [0, 0.05) is 37.7 Å². The lowest BCUT2D eigenvalue weighted by Crippen LogP contribution is -2.49. The van der Waals surface area contributed by atoms with Crippen molar-refractivity contribution in [2.75, 3.05) is 19.6 Å². The Labute approximate surface area is 169 Å². The number of thiazole rings is 1. The highest BCUT2D eigenvalue weighted by Crippen LogP contribution is 2.23. The van der Waals surface area contributed by atoms with E-state index in [2.05, 4.69) is 10.3 Å². The minimum absolute atomic E-state index is 0. The number of hydrogen-bond donors (Lipinski definition) is 2. The van der Waals surface area contributed by atoms with Gasteiger partial charge in [0.2, 0.25) is 5.91 Å². The smallest absolute Gasteiger partial charge is 0.254 e. The lowest BCUT2D eigenvalue weighted by molar-refractivity contribution is -0.121. The summed E-state index contributed by atoms with van der Waals surface area (Å²) in [7, 11) is 0. The Morgan fingerprint density at radius 1 is 1.31 bits per heavy atom. The minimum atomic E-state index is -0.0541. The summed E-state index contributed by atoms with van der Waals surface area (Å²) in [6.45, 7) is 1.57. The topological polar surface area (TPSA) is 88.3 Å². The van der Waals surface area contributed by atoms with Crippen LogP contribution in [0.25, 0.3) is 10.2 Å². The van der Waals surface area contributed by atoms with Gasteiger partial charge in [-0.15, -0.1) is 36.2 Å². The second kappa shape index (κ2) is 10.7. The Balaban J connectivity index is 0.00000169. The normalized spacial score (nSPS) is 16.5. The van der Waals surface area contributed by atoms with E-state index >= 15 is 0 Å². The van der Waals surface area contributed by atoms with Crippen LogP contribution in [0.3, 0.4) is 0 Å². The van der Waals surface area contributed by atoms with Crippen molar-refractivity contribution in [3.63, 3.8) is 0 Å². The van der Waals surface area contributed by atoms with E-state index in [1.165, 1.54) is 11.3 Å². The molecule has 9 heteroatoms. The molecule has 2 amide bonds. The number of amides is 2. The van der Waals surface area contributed by atoms with Gasteiger partial charge in [-0.25, -0.2) is 4.98 Å². The molecule has 2 heterocycles. The Bertz CT molecular complexity index is 740. The number of nitrogens with two attached hydrogens (primary N) is 1. The summed E-state index contributed by atoms with van der Waals surface area (Å²) in [5.74, 6) is -0.0235. The van der Waals surface area contributed by atoms with Gasteiger partial charge in [-0.3, -0.25) is 9.59 Å². The third kappa shape index (κ3) is 5.30. The average molecular weight is 419 g/mol. The van der Waals surface area contributed by atoms with Gasteiger partial charge in [0.1, 0.15) is 0 Å². The van der Waals surface area contributed by atoms with Gasteiger partial charge in [-0.05, 0) is 37.5 Å². The van der Waals surface area contributed by atoms with E-state index in [0.29, 0.717) is 25.1 Å². The largest absolute Gasteiger partial charge is 0.354 e. The molecular weight excluding hydrogens is 395 g/mol. The molecule has 144 valence electrons. The molecule has 1 aromatic heterocycles. The van der Waals surface area contributed by atoms with E-state index in [1.54, 1.807) is 5.51 Å². The van der Waals surface area contributed by atoms with Gasteiger partial charge in [0.05, 0.1) is 15.7 Å². The number of hydrogen-bond acceptors (Lipinski definition) is 5. The van der Waals surface area contributed by atoms with Crippen molar-refractivity contribution >= 4 is 58.2 Å². The van der Waals surface area contributed by atoms with Crippen LogP contribution in [-0.4, -0.2) is 47.4 Å². The fraction of sp³-hybridized carbons (Fsp3) is 0.471. The molecule has 2 aromatic rings. The SMILES string of the molecule is Cl.Cl.NCCC(=O)NCC1CCCCN1C(=O)c1ccc2ncsc2c1. The predicted octanol–water partition coefficient (Wildman–Crippen LogP) is 2.60. The third-order valence-electron chi connectivity index (χ3n) is 4.37. The number of nitrogens with zero attached hydrogens (tertiary/aromatic N) is 2. The van der Waals surface area contributed by atoms with E-state index in [9.17, 15) is 9.59 Å². The van der Waals surface area contributed by atoms with Crippen molar-refractivity contribution < 1.29 is 9.59 Å². The quantitative estimate of drug-likeness (QED) is 0.780. The summed E-state index contributed by atoms with van der Waals surface area (Å²) in [5.41, 5.74) is 8.79. The molecule has 1 aliphatic rings. The number of likely N-dealkylation sites (tertiary alicyclic amines) is 1. The zero-order valence-electron chi connectivity index (χ0n) is 14.3. The Hall–Kier alpha value is -1.41. The first-order valence-corrected chi connectivity index (χ1v) is 9.18. The van der Waals surface area contributed by atoms with Crippen molar-refractivity contribution in [3.05, 3.63) is 29.3 Å². The monoisotopic (exact) mass is 418 g/mol. The van der Waals surface area contributed by atoms with Crippen molar-refractivity contribution in [1.29, 1.82) is 0 Å². The number of nitrogens with one attached hydrogen (secondary N) is 1. The molecule has 3 N–H and O–H groups in total. The van der Waals surface area contributed by atoms with Crippen LogP contribution >= 0.6 is 36.2 Å². The standard InChI is InChI=1S/C17H22N4O2S.2ClH/c18-7-6-16(22)19-10-13-3-1-2-8-21(13)17(23)12-4-5-14-15(9-12)24-11-20-14;;/h4-5,9,11,13H,1-3,6-8,10,18H2,(H,19,22);2*1H. The fourth-order valence-electron chi connectivity index (χ4n) is 3.09. The Morgan fingerprint density at radius 2 is 2.12 bits per heavy atom. The highest BCUT2D eigenvalue weighted by Gasteiger charge is 2.27. The van der Waals surface area contributed by atoms with E-state index in [0.717, 1.165) is 36.0 Å². The van der Waals surface area contributed by atoms with E-state index in [-0.39, 0.29) is 42.7 Å². The van der Waals surface area contributed by atoms with Crippen molar-refractivity contribution in [2.45, 2.75) is 31.7 Å². The van der Waals surface area contributed by atoms with Gasteiger partial charge < -0.3 is 16.0 Å². The van der Waals surface area contributed by atoms with Crippen LogP contribution in [0.2, 0.25) is 0 Å². The molecule has 6 nitrogen and oxygen atoms in total. The van der Waals surface area contributed by atoms with Crippen molar-refractivity contribution in [1.82, 2.24) is 15.2 Å². The minimum Gasteiger partial charge on any atom is -0.354 e. The number of carbonyl (C=O) groups is 2. The number of halogens is 2. The molecule has 26 heavy (non-hydrogen) atoms. The van der Waals surface area contributed by atoms with Crippen molar-refractivity contribution in [3.8, 4) is 0 Å². The maximum absolute atomic E-state index is 12.9. The lowest BCUT2D eigenvalue weighted by atomic mass is 10.0. The first-order chi connectivity index (χ1) is 11.7. The van der Waals surface area contributed by atoms with E-state index in [1.807, 2.05) is 23.1 Å². The molecular formula is C17H24Cl2N4O2S. The molecule has 1 saturated heterocycles. The second-order valence-corrected chi connectivity index (χ2v) is 6.91. The zero-order valence-corrected chi connectivity index (χ0v) is 16.8. The van der Waals surface area contributed by atoms with Gasteiger partial charge in [0.25, 0.3) is 5.91 Å². The number of aromatic nitrogens is 1. The van der Waals surface area contributed by atoms with Gasteiger partial charge in [-0.2, -0.15) is 0 Å². The summed E-state index contributed by atoms with van der Waals surface area (Å²) in [4.78, 5) is 30.7. The maximum atomic E-state index is 12.9. The van der Waals surface area contributed by atoms with Gasteiger partial charge >= 0.3 is 0 Å². The van der Waals surface area contributed by atoms with E-state index in [4.69, 9.17) is 5.73 Å². The highest BCUT2D eigenvalue weighted by molar-refractivity contribution is 7.16. The molecule has 1 aromatic carbocycles. The first kappa shape index (κ1) is 22.6. The van der Waals surface area contributed by atoms with Gasteiger partial charge in [-0.1, -0.05) is 0 Å². The first-order valence-electron chi connectivity index (χ1n) is 8.30. The summed E-state index contributed by atoms with van der Waals surface area (Å²) in [6.07, 6.45) is 3.32. The van der Waals surface area contributed by atoms with Crippen LogP contribution in [0, 0.1) is 0 Å². The summed E-state index contributed by atoms with van der Waals surface area (Å²) in [5, 5.41) is 2.89. The van der Waals surface area contributed by atoms with Gasteiger partial charge in [0.15, 0.2) is 0 Å². The van der Waals surface area contributed by atoms with Crippen LogP contribution in [-0.2, 0) is 4.79 Å². The molecule has 0 bridgehead atoms. The van der Waals surface area contributed by atoms with E-state index < -0.39 is 0 Å².